The summed E-state index contributed by atoms with van der Waals surface area (Å²) in [7, 11) is 1.91. The number of carbonyl (C=O) groups is 1. The van der Waals surface area contributed by atoms with Gasteiger partial charge in [0, 0.05) is 25.0 Å². The van der Waals surface area contributed by atoms with Crippen molar-refractivity contribution in [3.63, 3.8) is 0 Å². The Balaban J connectivity index is 1.59. The first-order valence-electron chi connectivity index (χ1n) is 8.04. The monoisotopic (exact) mass is 399 g/mol. The molecule has 2 aromatic heterocycles. The highest BCUT2D eigenvalue weighted by Crippen LogP contribution is 2.32. The molecule has 0 bridgehead atoms. The van der Waals surface area contributed by atoms with E-state index in [1.165, 1.54) is 23.1 Å². The van der Waals surface area contributed by atoms with Crippen LogP contribution in [0.3, 0.4) is 0 Å². The number of aryl methyl sites for hydroxylation is 2. The molecule has 138 valence electrons. The molecule has 0 unspecified atom stereocenters. The third kappa shape index (κ3) is 4.87. The van der Waals surface area contributed by atoms with Crippen LogP contribution < -0.4 is 10.1 Å². The normalized spacial score (nSPS) is 10.4. The molecule has 1 aromatic carbocycles. The van der Waals surface area contributed by atoms with E-state index in [1.54, 1.807) is 30.5 Å². The average molecular weight is 400 g/mol. The first-order valence-corrected chi connectivity index (χ1v) is 9.84. The van der Waals surface area contributed by atoms with Gasteiger partial charge >= 0.3 is 0 Å². The number of nitrogens with zero attached hydrogens (tertiary/aromatic N) is 4. The van der Waals surface area contributed by atoms with Crippen molar-refractivity contribution in [1.29, 1.82) is 5.26 Å². The minimum atomic E-state index is -0.240. The molecule has 0 atom stereocenters. The van der Waals surface area contributed by atoms with Crippen LogP contribution in [0.1, 0.15) is 21.9 Å². The summed E-state index contributed by atoms with van der Waals surface area (Å²) in [6.45, 7) is 2.22. The molecular formula is C18H17N5O2S2. The number of carbonyl (C=O) groups excluding carboxylic acids is 1. The molecule has 1 N–H and O–H groups in total. The molecule has 7 nitrogen and oxygen atoms in total. The molecule has 0 fully saturated rings. The average Bonchev–Trinajstić information content (AvgIpc) is 3.23. The fourth-order valence-corrected chi connectivity index (χ4v) is 4.02. The second-order valence-corrected chi connectivity index (χ2v) is 7.80. The van der Waals surface area contributed by atoms with E-state index in [0.717, 1.165) is 15.7 Å². The lowest BCUT2D eigenvalue weighted by molar-refractivity contribution is 0.102. The van der Waals surface area contributed by atoms with Crippen LogP contribution in [-0.4, -0.2) is 26.2 Å². The maximum atomic E-state index is 12.4. The lowest BCUT2D eigenvalue weighted by Crippen LogP contribution is -2.11. The number of imidazole rings is 1. The summed E-state index contributed by atoms with van der Waals surface area (Å²) in [6, 6.07) is 8.99. The lowest BCUT2D eigenvalue weighted by atomic mass is 10.2. The van der Waals surface area contributed by atoms with Crippen molar-refractivity contribution in [2.45, 2.75) is 17.7 Å². The predicted octanol–water partition coefficient (Wildman–Crippen LogP) is 3.63. The van der Waals surface area contributed by atoms with Gasteiger partial charge in [0.1, 0.15) is 18.2 Å². The van der Waals surface area contributed by atoms with Gasteiger partial charge in [-0.3, -0.25) is 10.1 Å². The molecule has 3 aromatic rings. The maximum absolute atomic E-state index is 12.4. The van der Waals surface area contributed by atoms with E-state index in [4.69, 9.17) is 10.00 Å². The summed E-state index contributed by atoms with van der Waals surface area (Å²) in [4.78, 5) is 20.9. The molecule has 0 spiro atoms. The number of thiazole rings is 1. The van der Waals surface area contributed by atoms with Gasteiger partial charge in [0.15, 0.2) is 5.13 Å². The highest BCUT2D eigenvalue weighted by molar-refractivity contribution is 8.01. The number of thioether (sulfide) groups is 1. The van der Waals surface area contributed by atoms with Crippen molar-refractivity contribution in [2.75, 3.05) is 11.1 Å². The van der Waals surface area contributed by atoms with Gasteiger partial charge in [0.25, 0.3) is 5.91 Å². The number of nitrogens with one attached hydrogen (secondary N) is 1. The third-order valence-corrected chi connectivity index (χ3v) is 5.95. The highest BCUT2D eigenvalue weighted by Gasteiger charge is 2.12. The number of rotatable bonds is 7. The molecule has 0 aliphatic heterocycles. The van der Waals surface area contributed by atoms with Crippen molar-refractivity contribution in [1.82, 2.24) is 14.5 Å². The molecule has 1 amide bonds. The van der Waals surface area contributed by atoms with Gasteiger partial charge in [-0.15, -0.1) is 0 Å². The summed E-state index contributed by atoms with van der Waals surface area (Å²) in [6.07, 6.45) is 3.58. The van der Waals surface area contributed by atoms with E-state index >= 15 is 0 Å². The standard InChI is InChI=1S/C18H17N5O2S2/c1-12-17(26-10-7-19)27-18(21-12)22-16(24)13-3-5-14(6-4-13)25-11-15-20-8-9-23(15)2/h3-6,8-9H,10-11H2,1-2H3,(H,21,22,24). The second kappa shape index (κ2) is 8.70. The molecule has 0 saturated heterocycles. The van der Waals surface area contributed by atoms with E-state index in [0.29, 0.717) is 28.8 Å². The first-order chi connectivity index (χ1) is 13.1. The Morgan fingerprint density at radius 3 is 2.85 bits per heavy atom. The minimum absolute atomic E-state index is 0.240. The van der Waals surface area contributed by atoms with Crippen molar-refractivity contribution in [3.8, 4) is 11.8 Å². The number of anilines is 1. The summed E-state index contributed by atoms with van der Waals surface area (Å²) in [5.74, 6) is 1.60. The van der Waals surface area contributed by atoms with Crippen LogP contribution in [0.15, 0.2) is 40.9 Å². The van der Waals surface area contributed by atoms with Gasteiger partial charge in [-0.2, -0.15) is 5.26 Å². The number of hydrogen-bond acceptors (Lipinski definition) is 7. The van der Waals surface area contributed by atoms with E-state index in [2.05, 4.69) is 21.4 Å². The Morgan fingerprint density at radius 2 is 2.19 bits per heavy atom. The Labute approximate surface area is 165 Å². The molecule has 0 aliphatic carbocycles. The van der Waals surface area contributed by atoms with Crippen LogP contribution >= 0.6 is 23.1 Å². The van der Waals surface area contributed by atoms with Crippen LogP contribution in [0.4, 0.5) is 5.13 Å². The van der Waals surface area contributed by atoms with Crippen molar-refractivity contribution < 1.29 is 9.53 Å². The topological polar surface area (TPSA) is 92.8 Å². The van der Waals surface area contributed by atoms with Crippen LogP contribution in [0.5, 0.6) is 5.75 Å². The number of hydrogen-bond donors (Lipinski definition) is 1. The molecule has 3 rings (SSSR count). The van der Waals surface area contributed by atoms with Gasteiger partial charge in [-0.1, -0.05) is 23.1 Å². The molecule has 27 heavy (non-hydrogen) atoms. The Hall–Kier alpha value is -2.83. The van der Waals surface area contributed by atoms with Gasteiger partial charge in [0.2, 0.25) is 0 Å². The molecule has 0 aliphatic rings. The Bertz CT molecular complexity index is 973. The summed E-state index contributed by atoms with van der Waals surface area (Å²) in [5.41, 5.74) is 1.33. The zero-order chi connectivity index (χ0) is 19.2. The summed E-state index contributed by atoms with van der Waals surface area (Å²) >= 11 is 2.79. The zero-order valence-electron chi connectivity index (χ0n) is 14.8. The smallest absolute Gasteiger partial charge is 0.257 e. The molecule has 0 saturated carbocycles. The Kier molecular flexibility index (Phi) is 6.11. The van der Waals surface area contributed by atoms with Crippen LogP contribution in [-0.2, 0) is 13.7 Å². The molecule has 0 radical (unpaired) electrons. The number of amides is 1. The van der Waals surface area contributed by atoms with Gasteiger partial charge in [0.05, 0.1) is 21.7 Å². The Morgan fingerprint density at radius 1 is 1.41 bits per heavy atom. The molecule has 2 heterocycles. The van der Waals surface area contributed by atoms with Gasteiger partial charge in [-0.05, 0) is 31.2 Å². The van der Waals surface area contributed by atoms with Gasteiger partial charge in [-0.25, -0.2) is 9.97 Å². The largest absolute Gasteiger partial charge is 0.486 e. The van der Waals surface area contributed by atoms with Gasteiger partial charge < -0.3 is 9.30 Å². The van der Waals surface area contributed by atoms with E-state index in [9.17, 15) is 4.79 Å². The third-order valence-electron chi connectivity index (χ3n) is 3.65. The van der Waals surface area contributed by atoms with Crippen molar-refractivity contribution in [2.24, 2.45) is 7.05 Å². The van der Waals surface area contributed by atoms with Crippen molar-refractivity contribution in [3.05, 3.63) is 53.7 Å². The lowest BCUT2D eigenvalue weighted by Gasteiger charge is -2.07. The summed E-state index contributed by atoms with van der Waals surface area (Å²) in [5, 5.41) is 12.0. The van der Waals surface area contributed by atoms with E-state index < -0.39 is 0 Å². The number of nitriles is 1. The maximum Gasteiger partial charge on any atom is 0.257 e. The minimum Gasteiger partial charge on any atom is -0.486 e. The second-order valence-electron chi connectivity index (χ2n) is 5.56. The van der Waals surface area contributed by atoms with Crippen LogP contribution in [0.2, 0.25) is 0 Å². The van der Waals surface area contributed by atoms with Crippen LogP contribution in [0.25, 0.3) is 0 Å². The SMILES string of the molecule is Cc1nc(NC(=O)c2ccc(OCc3nccn3C)cc2)sc1SCC#N. The zero-order valence-corrected chi connectivity index (χ0v) is 16.4. The first kappa shape index (κ1) is 18.9. The van der Waals surface area contributed by atoms with Crippen LogP contribution in [0, 0.1) is 18.3 Å². The molecular weight excluding hydrogens is 382 g/mol. The summed E-state index contributed by atoms with van der Waals surface area (Å²) < 4.78 is 8.51. The molecule has 9 heteroatoms. The fraction of sp³-hybridized carbons (Fsp3) is 0.222. The fourth-order valence-electron chi connectivity index (χ4n) is 2.22. The highest BCUT2D eigenvalue weighted by atomic mass is 32.2. The van der Waals surface area contributed by atoms with E-state index in [-0.39, 0.29) is 5.91 Å². The number of benzene rings is 1. The predicted molar refractivity (Wildman–Crippen MR) is 105 cm³/mol. The number of aromatic nitrogens is 3. The van der Waals surface area contributed by atoms with Crippen molar-refractivity contribution >= 4 is 34.1 Å². The quantitative estimate of drug-likeness (QED) is 0.610. The van der Waals surface area contributed by atoms with E-state index in [1.807, 2.05) is 24.7 Å². The number of ether oxygens (including phenoxy) is 1.